The molecule has 0 atom stereocenters. The van der Waals surface area contributed by atoms with E-state index in [0.29, 0.717) is 0 Å². The summed E-state index contributed by atoms with van der Waals surface area (Å²) < 4.78 is 1.37. The molecule has 0 N–H and O–H groups in total. The number of nitrogens with zero attached hydrogens (tertiary/aromatic N) is 1. The van der Waals surface area contributed by atoms with E-state index >= 15 is 0 Å². The Morgan fingerprint density at radius 3 is 1.50 bits per heavy atom. The van der Waals surface area contributed by atoms with Gasteiger partial charge < -0.3 is 21.5 Å². The Morgan fingerprint density at radius 1 is 0.778 bits per heavy atom. The maximum absolute atomic E-state index is 2.39. The molecule has 0 heterocycles. The van der Waals surface area contributed by atoms with Crippen LogP contribution in [0.3, 0.4) is 0 Å². The molecule has 18 heavy (non-hydrogen) atoms. The summed E-state index contributed by atoms with van der Waals surface area (Å²) in [4.78, 5) is 0. The van der Waals surface area contributed by atoms with Gasteiger partial charge in [-0.1, -0.05) is 40.5 Å². The Morgan fingerprint density at radius 2 is 1.22 bits per heavy atom. The van der Waals surface area contributed by atoms with Crippen LogP contribution in [-0.4, -0.2) is 30.7 Å². The van der Waals surface area contributed by atoms with Crippen LogP contribution in [0.1, 0.15) is 73.1 Å². The van der Waals surface area contributed by atoms with Gasteiger partial charge in [-0.3, -0.25) is 0 Å². The van der Waals surface area contributed by atoms with Crippen molar-refractivity contribution in [1.82, 2.24) is 0 Å². The largest absolute Gasteiger partial charge is 1.00 e. The monoisotopic (exact) mass is 321 g/mol. The topological polar surface area (TPSA) is 0 Å². The highest BCUT2D eigenvalue weighted by Crippen LogP contribution is 2.16. The van der Waals surface area contributed by atoms with Gasteiger partial charge in [0.25, 0.3) is 0 Å². The van der Waals surface area contributed by atoms with E-state index in [2.05, 4.69) is 34.6 Å². The van der Waals surface area contributed by atoms with Gasteiger partial charge >= 0.3 is 0 Å². The van der Waals surface area contributed by atoms with Crippen molar-refractivity contribution in [3.05, 3.63) is 0 Å². The maximum atomic E-state index is 2.39. The van der Waals surface area contributed by atoms with E-state index in [-0.39, 0.29) is 17.0 Å². The van der Waals surface area contributed by atoms with Crippen molar-refractivity contribution in [3.8, 4) is 0 Å². The van der Waals surface area contributed by atoms with Crippen molar-refractivity contribution < 1.29 is 21.5 Å². The highest BCUT2D eigenvalue weighted by molar-refractivity contribution is 4.50. The molecule has 0 rings (SSSR count). The molecule has 0 aromatic rings. The predicted octanol–water partition coefficient (Wildman–Crippen LogP) is 1.86. The summed E-state index contributed by atoms with van der Waals surface area (Å²) in [7, 11) is 0. The standard InChI is InChI=1S/C16H36N.BrH/c1-6-9-11-13-17(8-3,15-16(4)5)14-12-10-7-2;/h16H,6-15H2,1-5H3;1H/q+1;/p-1. The lowest BCUT2D eigenvalue weighted by Gasteiger charge is -2.39. The first-order valence-electron chi connectivity index (χ1n) is 7.95. The lowest BCUT2D eigenvalue weighted by molar-refractivity contribution is -0.929. The normalized spacial score (nSPS) is 11.7. The van der Waals surface area contributed by atoms with Crippen LogP contribution in [0.15, 0.2) is 0 Å². The zero-order valence-corrected chi connectivity index (χ0v) is 15.1. The molecule has 0 aliphatic heterocycles. The van der Waals surface area contributed by atoms with E-state index in [4.69, 9.17) is 0 Å². The average molecular weight is 322 g/mol. The van der Waals surface area contributed by atoms with E-state index in [9.17, 15) is 0 Å². The first-order chi connectivity index (χ1) is 8.10. The molecule has 112 valence electrons. The zero-order valence-electron chi connectivity index (χ0n) is 13.5. The van der Waals surface area contributed by atoms with Gasteiger partial charge in [0.2, 0.25) is 0 Å². The van der Waals surface area contributed by atoms with Crippen LogP contribution in [0.25, 0.3) is 0 Å². The maximum Gasteiger partial charge on any atom is 0.0809 e. The Hall–Kier alpha value is 0.440. The van der Waals surface area contributed by atoms with Gasteiger partial charge in [-0.2, -0.15) is 0 Å². The van der Waals surface area contributed by atoms with Crippen LogP contribution in [0.2, 0.25) is 0 Å². The molecule has 0 aromatic carbocycles. The number of unbranched alkanes of at least 4 members (excludes halogenated alkanes) is 4. The first-order valence-corrected chi connectivity index (χ1v) is 7.95. The third-order valence-corrected chi connectivity index (χ3v) is 3.90. The van der Waals surface area contributed by atoms with Crippen molar-refractivity contribution in [2.24, 2.45) is 5.92 Å². The van der Waals surface area contributed by atoms with E-state index < -0.39 is 0 Å². The Balaban J connectivity index is 0. The fourth-order valence-corrected chi connectivity index (χ4v) is 2.91. The van der Waals surface area contributed by atoms with E-state index in [1.54, 1.807) is 0 Å². The highest BCUT2D eigenvalue weighted by atomic mass is 79.9. The van der Waals surface area contributed by atoms with Crippen LogP contribution >= 0.6 is 0 Å². The predicted molar refractivity (Wildman–Crippen MR) is 79.3 cm³/mol. The molecule has 0 aliphatic carbocycles. The van der Waals surface area contributed by atoms with Gasteiger partial charge in [0.05, 0.1) is 26.2 Å². The van der Waals surface area contributed by atoms with Crippen molar-refractivity contribution in [1.29, 1.82) is 0 Å². The molecule has 2 heteroatoms. The van der Waals surface area contributed by atoms with Gasteiger partial charge in [-0.25, -0.2) is 0 Å². The van der Waals surface area contributed by atoms with Crippen LogP contribution in [0, 0.1) is 5.92 Å². The van der Waals surface area contributed by atoms with Crippen molar-refractivity contribution in [2.75, 3.05) is 26.2 Å². The molecule has 0 spiro atoms. The van der Waals surface area contributed by atoms with Gasteiger partial charge in [-0.05, 0) is 32.6 Å². The highest BCUT2D eigenvalue weighted by Gasteiger charge is 2.25. The molecule has 0 fully saturated rings. The minimum Gasteiger partial charge on any atom is -1.00 e. The Bertz CT molecular complexity index is 158. The van der Waals surface area contributed by atoms with Gasteiger partial charge in [-0.15, -0.1) is 0 Å². The molecular weight excluding hydrogens is 286 g/mol. The molecule has 0 unspecified atom stereocenters. The number of halogens is 1. The molecule has 0 amide bonds. The molecule has 1 nitrogen and oxygen atoms in total. The summed E-state index contributed by atoms with van der Waals surface area (Å²) in [6.07, 6.45) is 8.35. The molecular formula is C16H36BrN. The van der Waals surface area contributed by atoms with Crippen molar-refractivity contribution in [2.45, 2.75) is 73.1 Å². The first kappa shape index (κ1) is 20.8. The fraction of sp³-hybridized carbons (Fsp3) is 1.00. The molecule has 0 bridgehead atoms. The summed E-state index contributed by atoms with van der Waals surface area (Å²) >= 11 is 0. The summed E-state index contributed by atoms with van der Waals surface area (Å²) in [5, 5.41) is 0. The van der Waals surface area contributed by atoms with Gasteiger partial charge in [0, 0.05) is 5.92 Å². The minimum atomic E-state index is 0. The second-order valence-electron chi connectivity index (χ2n) is 6.10. The second-order valence-corrected chi connectivity index (χ2v) is 6.10. The lowest BCUT2D eigenvalue weighted by atomic mass is 10.1. The van der Waals surface area contributed by atoms with Crippen molar-refractivity contribution in [3.63, 3.8) is 0 Å². The Kier molecular flexibility index (Phi) is 14.4. The Labute approximate surface area is 127 Å². The summed E-state index contributed by atoms with van der Waals surface area (Å²) in [6.45, 7) is 17.3. The average Bonchev–Trinajstić information content (AvgIpc) is 2.28. The van der Waals surface area contributed by atoms with Crippen LogP contribution in [0.5, 0.6) is 0 Å². The number of hydrogen-bond donors (Lipinski definition) is 0. The smallest absolute Gasteiger partial charge is 0.0809 e. The summed E-state index contributed by atoms with van der Waals surface area (Å²) in [5.74, 6) is 0.832. The minimum absolute atomic E-state index is 0. The quantitative estimate of drug-likeness (QED) is 0.402. The van der Waals surface area contributed by atoms with Gasteiger partial charge in [0.15, 0.2) is 0 Å². The molecule has 0 saturated heterocycles. The van der Waals surface area contributed by atoms with E-state index in [0.717, 1.165) is 5.92 Å². The third kappa shape index (κ3) is 9.38. The third-order valence-electron chi connectivity index (χ3n) is 3.90. The molecule has 0 aliphatic rings. The fourth-order valence-electron chi connectivity index (χ4n) is 2.91. The van der Waals surface area contributed by atoms with Crippen LogP contribution in [0.4, 0.5) is 0 Å². The van der Waals surface area contributed by atoms with Crippen LogP contribution in [-0.2, 0) is 0 Å². The van der Waals surface area contributed by atoms with Crippen LogP contribution < -0.4 is 17.0 Å². The lowest BCUT2D eigenvalue weighted by Crippen LogP contribution is -3.00. The second kappa shape index (κ2) is 12.5. The SMILES string of the molecule is CCCCC[N+](CC)(CCCCC)CC(C)C.[Br-]. The zero-order chi connectivity index (χ0) is 13.1. The number of hydrogen-bond acceptors (Lipinski definition) is 0. The van der Waals surface area contributed by atoms with E-state index in [1.165, 1.54) is 69.2 Å². The number of rotatable bonds is 11. The number of quaternary nitrogens is 1. The summed E-state index contributed by atoms with van der Waals surface area (Å²) in [6, 6.07) is 0. The molecule has 0 radical (unpaired) electrons. The van der Waals surface area contributed by atoms with E-state index in [1.807, 2.05) is 0 Å². The van der Waals surface area contributed by atoms with Gasteiger partial charge in [0.1, 0.15) is 0 Å². The summed E-state index contributed by atoms with van der Waals surface area (Å²) in [5.41, 5.74) is 0. The molecule has 0 saturated carbocycles. The molecule has 0 aromatic heterocycles. The van der Waals surface area contributed by atoms with Crippen molar-refractivity contribution >= 4 is 0 Å².